The van der Waals surface area contributed by atoms with Crippen molar-refractivity contribution in [3.63, 3.8) is 0 Å². The van der Waals surface area contributed by atoms with Gasteiger partial charge in [0.25, 0.3) is 0 Å². The lowest BCUT2D eigenvalue weighted by molar-refractivity contribution is 0.0585. The fraction of sp³-hybridized carbons (Fsp3) is 0.615. The Balaban J connectivity index is 3.38. The topological polar surface area (TPSA) is 35.5 Å². The molecule has 0 aliphatic heterocycles. The van der Waals surface area contributed by atoms with Gasteiger partial charge in [-0.15, -0.1) is 11.8 Å². The summed E-state index contributed by atoms with van der Waals surface area (Å²) in [5, 5.41) is 0. The zero-order valence-electron chi connectivity index (χ0n) is 9.97. The monoisotopic (exact) mass is 222 g/mol. The highest BCUT2D eigenvalue weighted by Crippen LogP contribution is 1.89. The molecule has 0 rings (SSSR count). The highest BCUT2D eigenvalue weighted by Gasteiger charge is 2.00. The van der Waals surface area contributed by atoms with Gasteiger partial charge in [0.2, 0.25) is 0 Å². The summed E-state index contributed by atoms with van der Waals surface area (Å²) in [6.07, 6.45) is 2.11. The minimum atomic E-state index is -0.642. The molecule has 0 heterocycles. The van der Waals surface area contributed by atoms with E-state index in [1.165, 1.54) is 0 Å². The molecule has 0 unspecified atom stereocenters. The number of carbonyl (C=O) groups excluding carboxylic acids is 1. The van der Waals surface area contributed by atoms with Crippen LogP contribution in [0.2, 0.25) is 0 Å². The molecule has 0 aromatic heterocycles. The van der Waals surface area contributed by atoms with Crippen LogP contribution >= 0.6 is 0 Å². The van der Waals surface area contributed by atoms with E-state index in [1.54, 1.807) is 0 Å². The molecule has 0 amide bonds. The molecule has 0 saturated carbocycles. The standard InChI is InChI=1S/C13H18O3/c1-3-5-7-9-11-15-13(14)16-12-10-8-6-4-2/h3-4,9-12H2,1-2H3. The van der Waals surface area contributed by atoms with Crippen molar-refractivity contribution in [3.8, 4) is 23.7 Å². The molecule has 88 valence electrons. The molecule has 0 aromatic rings. The van der Waals surface area contributed by atoms with Crippen LogP contribution in [0.3, 0.4) is 0 Å². The van der Waals surface area contributed by atoms with Gasteiger partial charge in [0.1, 0.15) is 13.2 Å². The van der Waals surface area contributed by atoms with Crippen molar-refractivity contribution in [1.82, 2.24) is 0 Å². The van der Waals surface area contributed by atoms with Crippen molar-refractivity contribution >= 4 is 6.16 Å². The van der Waals surface area contributed by atoms with E-state index in [2.05, 4.69) is 23.7 Å². The summed E-state index contributed by atoms with van der Waals surface area (Å²) in [4.78, 5) is 11.0. The molecule has 0 fully saturated rings. The molecule has 3 nitrogen and oxygen atoms in total. The lowest BCUT2D eigenvalue weighted by atomic mass is 10.4. The normalized spacial score (nSPS) is 8.12. The van der Waals surface area contributed by atoms with E-state index in [9.17, 15) is 4.79 Å². The third-order valence-corrected chi connectivity index (χ3v) is 1.50. The van der Waals surface area contributed by atoms with Gasteiger partial charge in [-0.1, -0.05) is 25.7 Å². The van der Waals surface area contributed by atoms with Gasteiger partial charge >= 0.3 is 6.16 Å². The van der Waals surface area contributed by atoms with Crippen molar-refractivity contribution in [1.29, 1.82) is 0 Å². The Morgan fingerprint density at radius 3 is 1.69 bits per heavy atom. The van der Waals surface area contributed by atoms with Crippen LogP contribution in [0.1, 0.15) is 39.5 Å². The van der Waals surface area contributed by atoms with Gasteiger partial charge in [0.05, 0.1) is 0 Å². The molecule has 0 aliphatic carbocycles. The summed E-state index contributed by atoms with van der Waals surface area (Å²) in [6.45, 7) is 4.51. The average Bonchev–Trinajstić information content (AvgIpc) is 2.28. The van der Waals surface area contributed by atoms with Crippen LogP contribution in [0.25, 0.3) is 0 Å². The smallest absolute Gasteiger partial charge is 0.433 e. The van der Waals surface area contributed by atoms with E-state index < -0.39 is 6.16 Å². The zero-order chi connectivity index (χ0) is 12.1. The molecule has 0 bridgehead atoms. The van der Waals surface area contributed by atoms with Gasteiger partial charge in [-0.05, 0) is 0 Å². The summed E-state index contributed by atoms with van der Waals surface area (Å²) in [7, 11) is 0. The first kappa shape index (κ1) is 14.4. The van der Waals surface area contributed by atoms with E-state index >= 15 is 0 Å². The van der Waals surface area contributed by atoms with E-state index in [1.807, 2.05) is 13.8 Å². The maximum absolute atomic E-state index is 11.0. The Bertz CT molecular complexity index is 269. The summed E-state index contributed by atoms with van der Waals surface area (Å²) < 4.78 is 9.57. The number of carbonyl (C=O) groups is 1. The van der Waals surface area contributed by atoms with E-state index in [0.29, 0.717) is 12.8 Å². The predicted molar refractivity (Wildman–Crippen MR) is 62.7 cm³/mol. The lowest BCUT2D eigenvalue weighted by Crippen LogP contribution is -2.08. The van der Waals surface area contributed by atoms with Crippen LogP contribution in [-0.2, 0) is 9.47 Å². The second-order valence-corrected chi connectivity index (χ2v) is 2.86. The molecule has 0 spiro atoms. The predicted octanol–water partition coefficient (Wildman–Crippen LogP) is 2.75. The van der Waals surface area contributed by atoms with Gasteiger partial charge in [-0.3, -0.25) is 0 Å². The molecule has 3 heteroatoms. The summed E-state index contributed by atoms with van der Waals surface area (Å²) in [6, 6.07) is 0. The third kappa shape index (κ3) is 10.5. The highest BCUT2D eigenvalue weighted by molar-refractivity contribution is 5.59. The van der Waals surface area contributed by atoms with Crippen LogP contribution in [0.15, 0.2) is 0 Å². The molecular weight excluding hydrogens is 204 g/mol. The third-order valence-electron chi connectivity index (χ3n) is 1.50. The summed E-state index contributed by atoms with van der Waals surface area (Å²) in [5.74, 6) is 11.5. The van der Waals surface area contributed by atoms with Crippen LogP contribution in [0, 0.1) is 23.7 Å². The second-order valence-electron chi connectivity index (χ2n) is 2.86. The number of hydrogen-bond acceptors (Lipinski definition) is 3. The Kier molecular flexibility index (Phi) is 10.3. The summed E-state index contributed by atoms with van der Waals surface area (Å²) in [5.41, 5.74) is 0. The number of hydrogen-bond donors (Lipinski definition) is 0. The Morgan fingerprint density at radius 2 is 1.31 bits per heavy atom. The van der Waals surface area contributed by atoms with Crippen molar-refractivity contribution < 1.29 is 14.3 Å². The zero-order valence-corrected chi connectivity index (χ0v) is 9.97. The van der Waals surface area contributed by atoms with Gasteiger partial charge in [-0.2, -0.15) is 0 Å². The molecule has 0 saturated heterocycles. The molecule has 0 N–H and O–H groups in total. The number of ether oxygens (including phenoxy) is 2. The first-order valence-electron chi connectivity index (χ1n) is 5.52. The Hall–Kier alpha value is -1.61. The van der Waals surface area contributed by atoms with Crippen molar-refractivity contribution in [2.75, 3.05) is 13.2 Å². The SMILES string of the molecule is CCC#CCCOC(=O)OCCC#CCC. The lowest BCUT2D eigenvalue weighted by Gasteiger charge is -2.02. The Morgan fingerprint density at radius 1 is 0.875 bits per heavy atom. The second kappa shape index (κ2) is 11.5. The average molecular weight is 222 g/mol. The maximum atomic E-state index is 11.0. The minimum Gasteiger partial charge on any atom is -0.433 e. The largest absolute Gasteiger partial charge is 0.508 e. The molecule has 0 aliphatic rings. The molecular formula is C13H18O3. The van der Waals surface area contributed by atoms with E-state index in [4.69, 9.17) is 9.47 Å². The molecule has 0 atom stereocenters. The minimum absolute atomic E-state index is 0.284. The first-order valence-corrected chi connectivity index (χ1v) is 5.52. The van der Waals surface area contributed by atoms with Crippen LogP contribution < -0.4 is 0 Å². The van der Waals surface area contributed by atoms with Crippen molar-refractivity contribution in [3.05, 3.63) is 0 Å². The molecule has 0 radical (unpaired) electrons. The van der Waals surface area contributed by atoms with Gasteiger partial charge in [0, 0.05) is 25.7 Å². The van der Waals surface area contributed by atoms with Gasteiger partial charge < -0.3 is 9.47 Å². The fourth-order valence-electron chi connectivity index (χ4n) is 0.839. The van der Waals surface area contributed by atoms with Gasteiger partial charge in [0.15, 0.2) is 0 Å². The first-order chi connectivity index (χ1) is 7.81. The quantitative estimate of drug-likeness (QED) is 0.417. The van der Waals surface area contributed by atoms with Crippen LogP contribution in [0.5, 0.6) is 0 Å². The van der Waals surface area contributed by atoms with Crippen LogP contribution in [0.4, 0.5) is 4.79 Å². The van der Waals surface area contributed by atoms with Crippen LogP contribution in [-0.4, -0.2) is 19.4 Å². The van der Waals surface area contributed by atoms with E-state index in [-0.39, 0.29) is 13.2 Å². The highest BCUT2D eigenvalue weighted by atomic mass is 16.7. The maximum Gasteiger partial charge on any atom is 0.508 e. The van der Waals surface area contributed by atoms with E-state index in [0.717, 1.165) is 12.8 Å². The summed E-state index contributed by atoms with van der Waals surface area (Å²) >= 11 is 0. The van der Waals surface area contributed by atoms with Crippen molar-refractivity contribution in [2.24, 2.45) is 0 Å². The molecule has 16 heavy (non-hydrogen) atoms. The number of rotatable bonds is 4. The van der Waals surface area contributed by atoms with Gasteiger partial charge in [-0.25, -0.2) is 4.79 Å². The molecule has 0 aromatic carbocycles. The fourth-order valence-corrected chi connectivity index (χ4v) is 0.839. The Labute approximate surface area is 97.5 Å². The van der Waals surface area contributed by atoms with Crippen molar-refractivity contribution in [2.45, 2.75) is 39.5 Å².